The minimum atomic E-state index is -3.55. The Balaban J connectivity index is 2.37. The smallest absolute Gasteiger partial charge is 0.243 e. The van der Waals surface area contributed by atoms with Gasteiger partial charge in [-0.2, -0.15) is 4.31 Å². The molecule has 0 spiro atoms. The maximum absolute atomic E-state index is 12.8. The zero-order valence-corrected chi connectivity index (χ0v) is 14.3. The van der Waals surface area contributed by atoms with E-state index in [1.54, 1.807) is 42.7 Å². The highest BCUT2D eigenvalue weighted by molar-refractivity contribution is 9.10. The third-order valence-corrected chi connectivity index (χ3v) is 5.55. The van der Waals surface area contributed by atoms with E-state index in [-0.39, 0.29) is 10.9 Å². The summed E-state index contributed by atoms with van der Waals surface area (Å²) in [5.41, 5.74) is 0.866. The van der Waals surface area contributed by atoms with Crippen LogP contribution in [-0.4, -0.2) is 23.7 Å². The average Bonchev–Trinajstić information content (AvgIpc) is 2.45. The van der Waals surface area contributed by atoms with Crippen LogP contribution >= 0.6 is 15.9 Å². The van der Waals surface area contributed by atoms with Gasteiger partial charge in [0.25, 0.3) is 0 Å². The first-order valence-electron chi connectivity index (χ1n) is 6.57. The predicted octanol–water partition coefficient (Wildman–Crippen LogP) is 3.44. The molecule has 0 aliphatic rings. The van der Waals surface area contributed by atoms with Gasteiger partial charge in [0.1, 0.15) is 0 Å². The summed E-state index contributed by atoms with van der Waals surface area (Å²) in [5, 5.41) is 0. The Morgan fingerprint density at radius 3 is 2.57 bits per heavy atom. The highest BCUT2D eigenvalue weighted by atomic mass is 79.9. The second kappa shape index (κ2) is 6.68. The van der Waals surface area contributed by atoms with Crippen LogP contribution < -0.4 is 0 Å². The van der Waals surface area contributed by atoms with Gasteiger partial charge in [0.05, 0.1) is 4.90 Å². The van der Waals surface area contributed by atoms with Crippen molar-refractivity contribution >= 4 is 26.0 Å². The Kier molecular flexibility index (Phi) is 5.13. The highest BCUT2D eigenvalue weighted by Crippen LogP contribution is 2.23. The maximum Gasteiger partial charge on any atom is 0.243 e. The van der Waals surface area contributed by atoms with E-state index in [4.69, 9.17) is 0 Å². The highest BCUT2D eigenvalue weighted by Gasteiger charge is 2.27. The van der Waals surface area contributed by atoms with Crippen molar-refractivity contribution in [2.24, 2.45) is 0 Å². The number of nitrogens with zero attached hydrogens (tertiary/aromatic N) is 2. The minimum Gasteiger partial charge on any atom is -0.264 e. The third-order valence-electron chi connectivity index (χ3n) is 3.04. The van der Waals surface area contributed by atoms with Crippen LogP contribution in [0.2, 0.25) is 0 Å². The Labute approximate surface area is 134 Å². The molecule has 0 saturated carbocycles. The predicted molar refractivity (Wildman–Crippen MR) is 86.2 cm³/mol. The fraction of sp³-hybridized carbons (Fsp3) is 0.267. The molecular formula is C15H17BrN2O2S. The molecule has 1 aromatic heterocycles. The molecule has 4 nitrogen and oxygen atoms in total. The van der Waals surface area contributed by atoms with E-state index >= 15 is 0 Å². The minimum absolute atomic E-state index is 0.144. The van der Waals surface area contributed by atoms with Crippen molar-refractivity contribution in [2.75, 3.05) is 0 Å². The number of sulfonamides is 1. The molecule has 0 fully saturated rings. The summed E-state index contributed by atoms with van der Waals surface area (Å²) in [4.78, 5) is 4.32. The van der Waals surface area contributed by atoms with Gasteiger partial charge in [-0.3, -0.25) is 4.98 Å². The Morgan fingerprint density at radius 1 is 1.24 bits per heavy atom. The van der Waals surface area contributed by atoms with Gasteiger partial charge >= 0.3 is 0 Å². The molecule has 2 aromatic rings. The molecular weight excluding hydrogens is 352 g/mol. The normalized spacial score (nSPS) is 12.0. The van der Waals surface area contributed by atoms with Crippen LogP contribution in [0.1, 0.15) is 19.4 Å². The SMILES string of the molecule is CC(C)N(Cc1cccnc1)S(=O)(=O)c1cccc(Br)c1. The van der Waals surface area contributed by atoms with E-state index < -0.39 is 10.0 Å². The molecule has 21 heavy (non-hydrogen) atoms. The fourth-order valence-electron chi connectivity index (χ4n) is 1.98. The molecule has 0 N–H and O–H groups in total. The van der Waals surface area contributed by atoms with Crippen LogP contribution in [0.3, 0.4) is 0 Å². The number of rotatable bonds is 5. The second-order valence-corrected chi connectivity index (χ2v) is 7.77. The molecule has 0 unspecified atom stereocenters. The summed E-state index contributed by atoms with van der Waals surface area (Å²) in [6, 6.07) is 10.3. The lowest BCUT2D eigenvalue weighted by atomic mass is 10.2. The first kappa shape index (κ1) is 16.1. The number of hydrogen-bond donors (Lipinski definition) is 0. The van der Waals surface area contributed by atoms with Gasteiger partial charge in [-0.25, -0.2) is 8.42 Å². The van der Waals surface area contributed by atoms with Gasteiger partial charge < -0.3 is 0 Å². The summed E-state index contributed by atoms with van der Waals surface area (Å²) in [6.45, 7) is 4.04. The van der Waals surface area contributed by atoms with E-state index in [1.165, 1.54) is 4.31 Å². The lowest BCUT2D eigenvalue weighted by molar-refractivity contribution is 0.347. The van der Waals surface area contributed by atoms with Gasteiger partial charge in [0.15, 0.2) is 0 Å². The molecule has 1 heterocycles. The van der Waals surface area contributed by atoms with Crippen molar-refractivity contribution in [1.29, 1.82) is 0 Å². The Morgan fingerprint density at radius 2 is 2.00 bits per heavy atom. The van der Waals surface area contributed by atoms with Crippen molar-refractivity contribution in [1.82, 2.24) is 9.29 Å². The van der Waals surface area contributed by atoms with Crippen LogP contribution in [-0.2, 0) is 16.6 Å². The van der Waals surface area contributed by atoms with E-state index in [0.717, 1.165) is 10.0 Å². The summed E-state index contributed by atoms with van der Waals surface area (Å²) >= 11 is 3.31. The van der Waals surface area contributed by atoms with E-state index in [9.17, 15) is 8.42 Å². The second-order valence-electron chi connectivity index (χ2n) is 4.96. The van der Waals surface area contributed by atoms with Crippen LogP contribution in [0.25, 0.3) is 0 Å². The number of aromatic nitrogens is 1. The van der Waals surface area contributed by atoms with Crippen molar-refractivity contribution in [3.63, 3.8) is 0 Å². The monoisotopic (exact) mass is 368 g/mol. The molecule has 0 atom stereocenters. The lowest BCUT2D eigenvalue weighted by Gasteiger charge is -2.26. The van der Waals surface area contributed by atoms with Crippen molar-refractivity contribution < 1.29 is 8.42 Å². The first-order valence-corrected chi connectivity index (χ1v) is 8.81. The molecule has 0 saturated heterocycles. The molecule has 0 bridgehead atoms. The van der Waals surface area contributed by atoms with Gasteiger partial charge in [-0.1, -0.05) is 28.1 Å². The van der Waals surface area contributed by atoms with E-state index in [1.807, 2.05) is 19.9 Å². The standard InChI is InChI=1S/C15H17BrN2O2S/c1-12(2)18(11-13-5-4-8-17-10-13)21(19,20)15-7-3-6-14(16)9-15/h3-10,12H,11H2,1-2H3. The molecule has 0 amide bonds. The maximum atomic E-state index is 12.8. The van der Waals surface area contributed by atoms with Gasteiger partial charge in [-0.05, 0) is 43.7 Å². The van der Waals surface area contributed by atoms with Crippen molar-refractivity contribution in [3.05, 3.63) is 58.8 Å². The quantitative estimate of drug-likeness (QED) is 0.811. The third kappa shape index (κ3) is 3.90. The summed E-state index contributed by atoms with van der Waals surface area (Å²) < 4.78 is 27.9. The number of pyridine rings is 1. The van der Waals surface area contributed by atoms with Gasteiger partial charge in [-0.15, -0.1) is 0 Å². The zero-order valence-electron chi connectivity index (χ0n) is 11.9. The molecule has 6 heteroatoms. The van der Waals surface area contributed by atoms with Crippen molar-refractivity contribution in [3.8, 4) is 0 Å². The number of hydrogen-bond acceptors (Lipinski definition) is 3. The average molecular weight is 369 g/mol. The van der Waals surface area contributed by atoms with Gasteiger partial charge in [0.2, 0.25) is 10.0 Å². The molecule has 0 aliphatic carbocycles. The van der Waals surface area contributed by atoms with Crippen LogP contribution in [0.4, 0.5) is 0 Å². The zero-order chi connectivity index (χ0) is 15.5. The molecule has 112 valence electrons. The van der Waals surface area contributed by atoms with Gasteiger partial charge in [0, 0.05) is 29.5 Å². The Bertz CT molecular complexity index is 703. The molecule has 1 aromatic carbocycles. The van der Waals surface area contributed by atoms with Crippen LogP contribution in [0.5, 0.6) is 0 Å². The molecule has 2 rings (SSSR count). The summed E-state index contributed by atoms with van der Waals surface area (Å²) in [7, 11) is -3.55. The summed E-state index contributed by atoms with van der Waals surface area (Å²) in [6.07, 6.45) is 3.36. The first-order chi connectivity index (χ1) is 9.91. The van der Waals surface area contributed by atoms with E-state index in [2.05, 4.69) is 20.9 Å². The van der Waals surface area contributed by atoms with Crippen LogP contribution in [0, 0.1) is 0 Å². The fourth-order valence-corrected chi connectivity index (χ4v) is 4.20. The Hall–Kier alpha value is -1.24. The van der Waals surface area contributed by atoms with Crippen molar-refractivity contribution in [2.45, 2.75) is 31.3 Å². The largest absolute Gasteiger partial charge is 0.264 e. The molecule has 0 aliphatic heterocycles. The number of benzene rings is 1. The number of halogens is 1. The topological polar surface area (TPSA) is 50.3 Å². The molecule has 0 radical (unpaired) electrons. The van der Waals surface area contributed by atoms with E-state index in [0.29, 0.717) is 6.54 Å². The van der Waals surface area contributed by atoms with Crippen LogP contribution in [0.15, 0.2) is 58.2 Å². The lowest BCUT2D eigenvalue weighted by Crippen LogP contribution is -2.36. The summed E-state index contributed by atoms with van der Waals surface area (Å²) in [5.74, 6) is 0.